The van der Waals surface area contributed by atoms with Gasteiger partial charge in [-0.3, -0.25) is 0 Å². The minimum Gasteiger partial charge on any atom is -0.192 e. The van der Waals surface area contributed by atoms with Crippen LogP contribution in [-0.2, 0) is 0 Å². The number of aryl methyl sites for hydroxylation is 1. The predicted octanol–water partition coefficient (Wildman–Crippen LogP) is 3.08. The third-order valence-corrected chi connectivity index (χ3v) is 2.81. The summed E-state index contributed by atoms with van der Waals surface area (Å²) in [5, 5.41) is 11.8. The molecule has 1 aromatic heterocycles. The lowest BCUT2D eigenvalue weighted by Gasteiger charge is -1.91. The summed E-state index contributed by atoms with van der Waals surface area (Å²) in [6, 6.07) is 8.38. The Bertz CT molecular complexity index is 462. The zero-order valence-corrected chi connectivity index (χ0v) is 7.48. The molecule has 0 aliphatic rings. The van der Waals surface area contributed by atoms with Gasteiger partial charge in [-0.05, 0) is 19.1 Å². The van der Waals surface area contributed by atoms with E-state index < -0.39 is 0 Å². The molecule has 0 aliphatic heterocycles. The fourth-order valence-electron chi connectivity index (χ4n) is 1.23. The van der Waals surface area contributed by atoms with E-state index in [1.807, 2.05) is 12.3 Å². The zero-order valence-electron chi connectivity index (χ0n) is 6.66. The SMILES string of the molecule is Cc1ccc2scc(C#N)c2c1. The molecule has 2 heteroatoms. The predicted molar refractivity (Wildman–Crippen MR) is 51.3 cm³/mol. The average molecular weight is 173 g/mol. The standard InChI is InChI=1S/C10H7NS/c1-7-2-3-10-9(4-7)8(5-11)6-12-10/h2-4,6H,1H3. The quantitative estimate of drug-likeness (QED) is 0.600. The van der Waals surface area contributed by atoms with Gasteiger partial charge in [0.15, 0.2) is 0 Å². The molecule has 0 N–H and O–H groups in total. The molecule has 12 heavy (non-hydrogen) atoms. The van der Waals surface area contributed by atoms with Crippen molar-refractivity contribution in [2.75, 3.05) is 0 Å². The highest BCUT2D eigenvalue weighted by molar-refractivity contribution is 7.17. The Kier molecular flexibility index (Phi) is 1.60. The van der Waals surface area contributed by atoms with Crippen LogP contribution in [0.5, 0.6) is 0 Å². The summed E-state index contributed by atoms with van der Waals surface area (Å²) in [6.45, 7) is 2.04. The maximum Gasteiger partial charge on any atom is 0.101 e. The van der Waals surface area contributed by atoms with Gasteiger partial charge in [-0.15, -0.1) is 11.3 Å². The number of hydrogen-bond acceptors (Lipinski definition) is 2. The lowest BCUT2D eigenvalue weighted by molar-refractivity contribution is 1.50. The topological polar surface area (TPSA) is 23.8 Å². The van der Waals surface area contributed by atoms with Gasteiger partial charge in [0.1, 0.15) is 6.07 Å². The second-order valence-corrected chi connectivity index (χ2v) is 3.67. The largest absolute Gasteiger partial charge is 0.192 e. The number of benzene rings is 1. The van der Waals surface area contributed by atoms with Crippen LogP contribution >= 0.6 is 11.3 Å². The minimum absolute atomic E-state index is 0.790. The van der Waals surface area contributed by atoms with Crippen LogP contribution in [0.2, 0.25) is 0 Å². The molecule has 0 atom stereocenters. The molecular formula is C10H7NS. The van der Waals surface area contributed by atoms with Crippen LogP contribution in [0, 0.1) is 18.3 Å². The fourth-order valence-corrected chi connectivity index (χ4v) is 2.10. The second kappa shape index (κ2) is 2.62. The number of nitriles is 1. The molecule has 0 saturated carbocycles. The van der Waals surface area contributed by atoms with E-state index >= 15 is 0 Å². The molecule has 0 radical (unpaired) electrons. The molecule has 0 aliphatic carbocycles. The van der Waals surface area contributed by atoms with E-state index in [0.29, 0.717) is 0 Å². The summed E-state index contributed by atoms with van der Waals surface area (Å²) in [7, 11) is 0. The molecule has 2 rings (SSSR count). The van der Waals surface area contributed by atoms with Gasteiger partial charge in [-0.2, -0.15) is 5.26 Å². The maximum absolute atomic E-state index is 8.77. The minimum atomic E-state index is 0.790. The van der Waals surface area contributed by atoms with Gasteiger partial charge in [0.05, 0.1) is 5.56 Å². The summed E-state index contributed by atoms with van der Waals surface area (Å²) in [4.78, 5) is 0. The molecule has 2 aromatic rings. The maximum atomic E-state index is 8.77. The lowest BCUT2D eigenvalue weighted by Crippen LogP contribution is -1.72. The molecular weight excluding hydrogens is 166 g/mol. The summed E-state index contributed by atoms with van der Waals surface area (Å²) < 4.78 is 1.19. The Hall–Kier alpha value is -1.33. The van der Waals surface area contributed by atoms with E-state index in [0.717, 1.165) is 10.9 Å². The van der Waals surface area contributed by atoms with E-state index in [-0.39, 0.29) is 0 Å². The molecule has 0 bridgehead atoms. The Balaban J connectivity index is 2.86. The highest BCUT2D eigenvalue weighted by Crippen LogP contribution is 2.25. The van der Waals surface area contributed by atoms with Crippen molar-refractivity contribution >= 4 is 21.4 Å². The van der Waals surface area contributed by atoms with Crippen molar-refractivity contribution in [3.05, 3.63) is 34.7 Å². The van der Waals surface area contributed by atoms with Gasteiger partial charge in [0, 0.05) is 15.5 Å². The van der Waals surface area contributed by atoms with E-state index in [4.69, 9.17) is 5.26 Å². The van der Waals surface area contributed by atoms with E-state index in [1.165, 1.54) is 10.3 Å². The van der Waals surface area contributed by atoms with Gasteiger partial charge >= 0.3 is 0 Å². The van der Waals surface area contributed by atoms with Crippen molar-refractivity contribution in [3.8, 4) is 6.07 Å². The average Bonchev–Trinajstić information content (AvgIpc) is 2.46. The summed E-state index contributed by atoms with van der Waals surface area (Å²) in [5.41, 5.74) is 2.00. The Labute approximate surface area is 74.9 Å². The molecule has 0 spiro atoms. The Morgan fingerprint density at radius 3 is 3.00 bits per heavy atom. The van der Waals surface area contributed by atoms with Crippen LogP contribution in [0.3, 0.4) is 0 Å². The fraction of sp³-hybridized carbons (Fsp3) is 0.100. The Morgan fingerprint density at radius 2 is 2.25 bits per heavy atom. The highest BCUT2D eigenvalue weighted by Gasteiger charge is 2.01. The molecule has 1 nitrogen and oxygen atoms in total. The lowest BCUT2D eigenvalue weighted by atomic mass is 10.1. The highest BCUT2D eigenvalue weighted by atomic mass is 32.1. The van der Waals surface area contributed by atoms with Gasteiger partial charge in [-0.25, -0.2) is 0 Å². The van der Waals surface area contributed by atoms with Crippen molar-refractivity contribution in [3.63, 3.8) is 0 Å². The van der Waals surface area contributed by atoms with Crippen LogP contribution < -0.4 is 0 Å². The number of hydrogen-bond donors (Lipinski definition) is 0. The van der Waals surface area contributed by atoms with E-state index in [9.17, 15) is 0 Å². The van der Waals surface area contributed by atoms with Gasteiger partial charge in [0.25, 0.3) is 0 Å². The second-order valence-electron chi connectivity index (χ2n) is 2.76. The van der Waals surface area contributed by atoms with Crippen molar-refractivity contribution in [2.45, 2.75) is 6.92 Å². The molecule has 1 aromatic carbocycles. The van der Waals surface area contributed by atoms with Gasteiger partial charge in [0.2, 0.25) is 0 Å². The number of nitrogens with zero attached hydrogens (tertiary/aromatic N) is 1. The first-order chi connectivity index (χ1) is 5.81. The van der Waals surface area contributed by atoms with Crippen LogP contribution in [0.4, 0.5) is 0 Å². The molecule has 0 fully saturated rings. The summed E-state index contributed by atoms with van der Waals surface area (Å²) in [5.74, 6) is 0. The van der Waals surface area contributed by atoms with Gasteiger partial charge in [-0.1, -0.05) is 11.6 Å². The smallest absolute Gasteiger partial charge is 0.101 e. The normalized spacial score (nSPS) is 10.0. The molecule has 0 amide bonds. The third-order valence-electron chi connectivity index (χ3n) is 1.85. The first-order valence-electron chi connectivity index (χ1n) is 3.69. The first-order valence-corrected chi connectivity index (χ1v) is 4.57. The van der Waals surface area contributed by atoms with Crippen molar-refractivity contribution in [1.82, 2.24) is 0 Å². The van der Waals surface area contributed by atoms with Crippen LogP contribution in [-0.4, -0.2) is 0 Å². The molecule has 0 saturated heterocycles. The number of thiophene rings is 1. The summed E-state index contributed by atoms with van der Waals surface area (Å²) in [6.07, 6.45) is 0. The van der Waals surface area contributed by atoms with Crippen molar-refractivity contribution in [1.29, 1.82) is 5.26 Å². The molecule has 0 unspecified atom stereocenters. The summed E-state index contributed by atoms with van der Waals surface area (Å²) >= 11 is 1.62. The van der Waals surface area contributed by atoms with Crippen molar-refractivity contribution < 1.29 is 0 Å². The molecule has 1 heterocycles. The monoisotopic (exact) mass is 173 g/mol. The van der Waals surface area contributed by atoms with Crippen LogP contribution in [0.25, 0.3) is 10.1 Å². The van der Waals surface area contributed by atoms with Gasteiger partial charge < -0.3 is 0 Å². The number of fused-ring (bicyclic) bond motifs is 1. The first kappa shape index (κ1) is 7.33. The zero-order chi connectivity index (χ0) is 8.55. The Morgan fingerprint density at radius 1 is 1.42 bits per heavy atom. The molecule has 58 valence electrons. The van der Waals surface area contributed by atoms with E-state index in [1.54, 1.807) is 11.3 Å². The van der Waals surface area contributed by atoms with Crippen LogP contribution in [0.1, 0.15) is 11.1 Å². The van der Waals surface area contributed by atoms with Crippen molar-refractivity contribution in [2.24, 2.45) is 0 Å². The third kappa shape index (κ3) is 0.992. The number of rotatable bonds is 0. The van der Waals surface area contributed by atoms with E-state index in [2.05, 4.69) is 24.3 Å². The van der Waals surface area contributed by atoms with Crippen LogP contribution in [0.15, 0.2) is 23.6 Å².